The minimum absolute atomic E-state index is 0.133. The summed E-state index contributed by atoms with van der Waals surface area (Å²) in [5.41, 5.74) is -1.13. The van der Waals surface area contributed by atoms with Gasteiger partial charge < -0.3 is 0 Å². The van der Waals surface area contributed by atoms with Gasteiger partial charge >= 0.3 is 6.18 Å². The summed E-state index contributed by atoms with van der Waals surface area (Å²) in [6.45, 7) is 1.31. The maximum Gasteiger partial charge on any atom is 0.433 e. The third-order valence-electron chi connectivity index (χ3n) is 2.79. The van der Waals surface area contributed by atoms with E-state index in [0.717, 1.165) is 0 Å². The summed E-state index contributed by atoms with van der Waals surface area (Å²) in [5, 5.41) is -0.440. The molecular formula is C13H10ClF3N2O2S. The van der Waals surface area contributed by atoms with E-state index in [2.05, 4.69) is 9.97 Å². The smallest absolute Gasteiger partial charge is 0.220 e. The fourth-order valence-corrected chi connectivity index (χ4v) is 2.47. The Morgan fingerprint density at radius 2 is 1.73 bits per heavy atom. The van der Waals surface area contributed by atoms with Gasteiger partial charge in [0.1, 0.15) is 5.69 Å². The Balaban J connectivity index is 2.69. The maximum absolute atomic E-state index is 12.9. The molecule has 4 nitrogen and oxygen atoms in total. The van der Waals surface area contributed by atoms with Gasteiger partial charge in [-0.3, -0.25) is 0 Å². The second kappa shape index (κ2) is 5.85. The summed E-state index contributed by atoms with van der Waals surface area (Å²) in [6, 6.07) is 6.55. The molecule has 0 amide bonds. The normalized spacial score (nSPS) is 12.4. The molecule has 118 valence electrons. The third-order valence-corrected chi connectivity index (χ3v) is 4.55. The highest BCUT2D eigenvalue weighted by atomic mass is 35.5. The monoisotopic (exact) mass is 350 g/mol. The molecule has 0 atom stereocenters. The molecule has 0 bridgehead atoms. The van der Waals surface area contributed by atoms with Crippen molar-refractivity contribution < 1.29 is 21.6 Å². The Bertz CT molecular complexity index is 790. The van der Waals surface area contributed by atoms with Crippen LogP contribution in [0, 0.1) is 0 Å². The van der Waals surface area contributed by atoms with Gasteiger partial charge in [0.2, 0.25) is 15.0 Å². The van der Waals surface area contributed by atoms with E-state index in [1.165, 1.54) is 31.2 Å². The first-order valence-corrected chi connectivity index (χ1v) is 8.11. The van der Waals surface area contributed by atoms with Crippen molar-refractivity contribution in [2.24, 2.45) is 0 Å². The lowest BCUT2D eigenvalue weighted by molar-refractivity contribution is -0.141. The van der Waals surface area contributed by atoms with Gasteiger partial charge in [0.05, 0.1) is 11.4 Å². The Morgan fingerprint density at radius 3 is 2.23 bits per heavy atom. The van der Waals surface area contributed by atoms with Crippen molar-refractivity contribution in [2.45, 2.75) is 18.3 Å². The van der Waals surface area contributed by atoms with Crippen molar-refractivity contribution in [3.8, 4) is 11.3 Å². The van der Waals surface area contributed by atoms with E-state index in [0.29, 0.717) is 16.7 Å². The van der Waals surface area contributed by atoms with Crippen LogP contribution in [0.15, 0.2) is 35.5 Å². The molecule has 0 unspecified atom stereocenters. The Labute approximate surface area is 129 Å². The molecule has 0 fully saturated rings. The van der Waals surface area contributed by atoms with Crippen molar-refractivity contribution >= 4 is 21.4 Å². The van der Waals surface area contributed by atoms with E-state index in [1.807, 2.05) is 0 Å². The van der Waals surface area contributed by atoms with Crippen LogP contribution in [0.4, 0.5) is 13.2 Å². The average molecular weight is 351 g/mol. The predicted molar refractivity (Wildman–Crippen MR) is 75.2 cm³/mol. The molecule has 0 aliphatic carbocycles. The van der Waals surface area contributed by atoms with Gasteiger partial charge in [0.25, 0.3) is 0 Å². The first-order chi connectivity index (χ1) is 10.1. The number of rotatable bonds is 3. The van der Waals surface area contributed by atoms with Crippen molar-refractivity contribution in [3.63, 3.8) is 0 Å². The van der Waals surface area contributed by atoms with Crippen LogP contribution in [0.5, 0.6) is 0 Å². The Hall–Kier alpha value is -1.67. The molecule has 0 saturated heterocycles. The zero-order valence-electron chi connectivity index (χ0n) is 11.2. The summed E-state index contributed by atoms with van der Waals surface area (Å²) in [4.78, 5) is 6.89. The number of hydrogen-bond acceptors (Lipinski definition) is 4. The molecular weight excluding hydrogens is 341 g/mol. The van der Waals surface area contributed by atoms with Crippen LogP contribution in [-0.2, 0) is 16.0 Å². The number of sulfone groups is 1. The Kier molecular flexibility index (Phi) is 4.44. The summed E-state index contributed by atoms with van der Waals surface area (Å²) in [7, 11) is -3.97. The van der Waals surface area contributed by atoms with Crippen molar-refractivity contribution in [1.29, 1.82) is 0 Å². The van der Waals surface area contributed by atoms with Gasteiger partial charge in [-0.25, -0.2) is 18.4 Å². The second-order valence-electron chi connectivity index (χ2n) is 4.33. The van der Waals surface area contributed by atoms with Crippen molar-refractivity contribution in [1.82, 2.24) is 9.97 Å². The standard InChI is InChI=1S/C13H10ClF3N2O2S/c1-2-22(20,21)12-18-10(7-11(19-12)13(15,16)17)8-3-5-9(14)6-4-8/h3-7H,2H2,1H3. The van der Waals surface area contributed by atoms with E-state index in [-0.39, 0.29) is 5.69 Å². The van der Waals surface area contributed by atoms with Crippen LogP contribution in [0.3, 0.4) is 0 Å². The highest BCUT2D eigenvalue weighted by molar-refractivity contribution is 7.91. The molecule has 0 aliphatic rings. The van der Waals surface area contributed by atoms with Gasteiger partial charge in [-0.05, 0) is 18.2 Å². The van der Waals surface area contributed by atoms with Crippen LogP contribution in [0.1, 0.15) is 12.6 Å². The minimum Gasteiger partial charge on any atom is -0.220 e. The van der Waals surface area contributed by atoms with E-state index < -0.39 is 32.6 Å². The van der Waals surface area contributed by atoms with Gasteiger partial charge in [0.15, 0.2) is 0 Å². The number of hydrogen-bond donors (Lipinski definition) is 0. The zero-order valence-corrected chi connectivity index (χ0v) is 12.8. The molecule has 0 spiro atoms. The molecule has 0 saturated carbocycles. The van der Waals surface area contributed by atoms with Crippen LogP contribution >= 0.6 is 11.6 Å². The molecule has 1 aromatic carbocycles. The fraction of sp³-hybridized carbons (Fsp3) is 0.231. The molecule has 22 heavy (non-hydrogen) atoms. The molecule has 1 heterocycles. The summed E-state index contributed by atoms with van der Waals surface area (Å²) >= 11 is 5.72. The third kappa shape index (κ3) is 3.56. The van der Waals surface area contributed by atoms with E-state index >= 15 is 0 Å². The van der Waals surface area contributed by atoms with E-state index in [9.17, 15) is 21.6 Å². The topological polar surface area (TPSA) is 59.9 Å². The number of halogens is 4. The maximum atomic E-state index is 12.9. The highest BCUT2D eigenvalue weighted by Crippen LogP contribution is 2.31. The largest absolute Gasteiger partial charge is 0.433 e. The van der Waals surface area contributed by atoms with Gasteiger partial charge in [-0.2, -0.15) is 13.2 Å². The molecule has 0 aliphatic heterocycles. The van der Waals surface area contributed by atoms with Crippen LogP contribution in [0.2, 0.25) is 5.02 Å². The summed E-state index contributed by atoms with van der Waals surface area (Å²) in [5.74, 6) is -0.394. The first-order valence-electron chi connectivity index (χ1n) is 6.08. The summed E-state index contributed by atoms with van der Waals surface area (Å²) in [6.07, 6.45) is -4.78. The van der Waals surface area contributed by atoms with E-state index in [4.69, 9.17) is 11.6 Å². The van der Waals surface area contributed by atoms with Crippen molar-refractivity contribution in [3.05, 3.63) is 41.0 Å². The molecule has 0 radical (unpaired) electrons. The van der Waals surface area contributed by atoms with E-state index in [1.54, 1.807) is 0 Å². The molecule has 0 N–H and O–H groups in total. The molecule has 1 aromatic heterocycles. The SMILES string of the molecule is CCS(=O)(=O)c1nc(-c2ccc(Cl)cc2)cc(C(F)(F)F)n1. The van der Waals surface area contributed by atoms with Crippen LogP contribution < -0.4 is 0 Å². The van der Waals surface area contributed by atoms with Crippen molar-refractivity contribution in [2.75, 3.05) is 5.75 Å². The van der Waals surface area contributed by atoms with Gasteiger partial charge in [-0.15, -0.1) is 0 Å². The second-order valence-corrected chi connectivity index (χ2v) is 6.94. The lowest BCUT2D eigenvalue weighted by Gasteiger charge is -2.10. The number of nitrogens with zero attached hydrogens (tertiary/aromatic N) is 2. The predicted octanol–water partition coefficient (Wildman–Crippen LogP) is 3.61. The van der Waals surface area contributed by atoms with Crippen LogP contribution in [-0.4, -0.2) is 24.1 Å². The molecule has 9 heteroatoms. The lowest BCUT2D eigenvalue weighted by Crippen LogP contribution is -2.15. The average Bonchev–Trinajstić information content (AvgIpc) is 2.46. The lowest BCUT2D eigenvalue weighted by atomic mass is 10.1. The van der Waals surface area contributed by atoms with Crippen LogP contribution in [0.25, 0.3) is 11.3 Å². The summed E-state index contributed by atoms with van der Waals surface area (Å²) < 4.78 is 62.3. The molecule has 2 aromatic rings. The fourth-order valence-electron chi connectivity index (χ4n) is 1.61. The zero-order chi connectivity index (χ0) is 16.5. The number of benzene rings is 1. The number of alkyl halides is 3. The van der Waals surface area contributed by atoms with Gasteiger partial charge in [0, 0.05) is 10.6 Å². The molecule has 2 rings (SSSR count). The van der Waals surface area contributed by atoms with Gasteiger partial charge in [-0.1, -0.05) is 30.7 Å². The number of aromatic nitrogens is 2. The highest BCUT2D eigenvalue weighted by Gasteiger charge is 2.35. The Morgan fingerprint density at radius 1 is 1.14 bits per heavy atom. The minimum atomic E-state index is -4.78. The quantitative estimate of drug-likeness (QED) is 0.793. The first kappa shape index (κ1) is 16.7.